The second kappa shape index (κ2) is 7.29. The first-order chi connectivity index (χ1) is 8.45. The number of hydrogen-bond acceptors (Lipinski definition) is 1. The molecule has 0 saturated carbocycles. The van der Waals surface area contributed by atoms with Crippen LogP contribution in [0.4, 0.5) is 0 Å². The molecule has 2 nitrogen and oxygen atoms in total. The SMILES string of the molecule is Cc1ccc(Br)c(C(=O)NC(CCBr)C(C)C)c1. The lowest BCUT2D eigenvalue weighted by Crippen LogP contribution is -2.39. The van der Waals surface area contributed by atoms with E-state index in [-0.39, 0.29) is 11.9 Å². The molecule has 4 heteroatoms. The number of nitrogens with one attached hydrogen (secondary N) is 1. The molecular formula is C14H19Br2NO. The standard InChI is InChI=1S/C14H19Br2NO/c1-9(2)13(6-7-15)17-14(18)11-8-10(3)4-5-12(11)16/h4-5,8-9,13H,6-7H2,1-3H3,(H,17,18). The van der Waals surface area contributed by atoms with E-state index in [1.54, 1.807) is 0 Å². The Morgan fingerprint density at radius 2 is 2.06 bits per heavy atom. The fourth-order valence-corrected chi connectivity index (χ4v) is 2.67. The molecule has 0 spiro atoms. The summed E-state index contributed by atoms with van der Waals surface area (Å²) in [5, 5.41) is 4.00. The molecule has 0 bridgehead atoms. The summed E-state index contributed by atoms with van der Waals surface area (Å²) < 4.78 is 0.840. The summed E-state index contributed by atoms with van der Waals surface area (Å²) in [6.45, 7) is 6.24. The van der Waals surface area contributed by atoms with Gasteiger partial charge in [-0.3, -0.25) is 4.79 Å². The van der Waals surface area contributed by atoms with Crippen LogP contribution >= 0.6 is 31.9 Å². The monoisotopic (exact) mass is 375 g/mol. The molecule has 0 heterocycles. The van der Waals surface area contributed by atoms with Gasteiger partial charge in [-0.25, -0.2) is 0 Å². The second-order valence-corrected chi connectivity index (χ2v) is 6.43. The van der Waals surface area contributed by atoms with Gasteiger partial charge in [0.15, 0.2) is 0 Å². The maximum absolute atomic E-state index is 12.3. The number of rotatable bonds is 5. The number of amides is 1. The van der Waals surface area contributed by atoms with Crippen molar-refractivity contribution in [1.29, 1.82) is 0 Å². The lowest BCUT2D eigenvalue weighted by molar-refractivity contribution is 0.0924. The van der Waals surface area contributed by atoms with Crippen LogP contribution in [0.3, 0.4) is 0 Å². The van der Waals surface area contributed by atoms with Crippen molar-refractivity contribution in [2.45, 2.75) is 33.2 Å². The Bertz CT molecular complexity index is 418. The average molecular weight is 377 g/mol. The van der Waals surface area contributed by atoms with Crippen molar-refractivity contribution in [3.05, 3.63) is 33.8 Å². The Morgan fingerprint density at radius 3 is 2.61 bits per heavy atom. The Labute approximate surface area is 126 Å². The third-order valence-corrected chi connectivity index (χ3v) is 4.06. The van der Waals surface area contributed by atoms with Crippen LogP contribution < -0.4 is 5.32 Å². The molecule has 1 amide bonds. The molecular weight excluding hydrogens is 358 g/mol. The average Bonchev–Trinajstić information content (AvgIpc) is 2.31. The molecule has 0 radical (unpaired) electrons. The Hall–Kier alpha value is -0.350. The van der Waals surface area contributed by atoms with E-state index in [1.807, 2.05) is 25.1 Å². The highest BCUT2D eigenvalue weighted by Crippen LogP contribution is 2.19. The summed E-state index contributed by atoms with van der Waals surface area (Å²) in [5.41, 5.74) is 1.79. The predicted octanol–water partition coefficient (Wildman–Crippen LogP) is 4.30. The molecule has 1 aromatic carbocycles. The summed E-state index contributed by atoms with van der Waals surface area (Å²) in [5.74, 6) is 0.417. The maximum atomic E-state index is 12.3. The van der Waals surface area contributed by atoms with E-state index in [4.69, 9.17) is 0 Å². The molecule has 18 heavy (non-hydrogen) atoms. The lowest BCUT2D eigenvalue weighted by Gasteiger charge is -2.22. The van der Waals surface area contributed by atoms with Gasteiger partial charge in [-0.05, 0) is 47.3 Å². The van der Waals surface area contributed by atoms with Crippen molar-refractivity contribution in [2.24, 2.45) is 5.92 Å². The van der Waals surface area contributed by atoms with Gasteiger partial charge in [0.05, 0.1) is 5.56 Å². The van der Waals surface area contributed by atoms with Gasteiger partial charge in [-0.2, -0.15) is 0 Å². The number of benzene rings is 1. The van der Waals surface area contributed by atoms with E-state index < -0.39 is 0 Å². The zero-order valence-electron chi connectivity index (χ0n) is 11.0. The molecule has 0 aliphatic rings. The normalized spacial score (nSPS) is 12.6. The smallest absolute Gasteiger partial charge is 0.252 e. The molecule has 0 aliphatic heterocycles. The minimum absolute atomic E-state index is 0.00905. The quantitative estimate of drug-likeness (QED) is 0.762. The number of alkyl halides is 1. The highest BCUT2D eigenvalue weighted by Gasteiger charge is 2.18. The van der Waals surface area contributed by atoms with E-state index in [0.717, 1.165) is 21.8 Å². The van der Waals surface area contributed by atoms with Crippen molar-refractivity contribution in [2.75, 3.05) is 5.33 Å². The van der Waals surface area contributed by atoms with Gasteiger partial charge in [-0.1, -0.05) is 41.4 Å². The topological polar surface area (TPSA) is 29.1 Å². The number of hydrogen-bond donors (Lipinski definition) is 1. The van der Waals surface area contributed by atoms with Gasteiger partial charge >= 0.3 is 0 Å². The first-order valence-electron chi connectivity index (χ1n) is 6.08. The van der Waals surface area contributed by atoms with Crippen molar-refractivity contribution in [1.82, 2.24) is 5.32 Å². The van der Waals surface area contributed by atoms with E-state index >= 15 is 0 Å². The molecule has 0 aliphatic carbocycles. The predicted molar refractivity (Wildman–Crippen MR) is 83.4 cm³/mol. The van der Waals surface area contributed by atoms with Crippen LogP contribution in [0.5, 0.6) is 0 Å². The number of carbonyl (C=O) groups is 1. The number of carbonyl (C=O) groups excluding carboxylic acids is 1. The molecule has 1 aromatic rings. The minimum Gasteiger partial charge on any atom is -0.349 e. The molecule has 0 fully saturated rings. The fourth-order valence-electron chi connectivity index (χ4n) is 1.75. The zero-order valence-corrected chi connectivity index (χ0v) is 14.1. The second-order valence-electron chi connectivity index (χ2n) is 4.78. The molecule has 0 saturated heterocycles. The number of aryl methyl sites for hydroxylation is 1. The Balaban J connectivity index is 2.83. The summed E-state index contributed by atoms with van der Waals surface area (Å²) >= 11 is 6.86. The van der Waals surface area contributed by atoms with Crippen LogP contribution in [-0.4, -0.2) is 17.3 Å². The maximum Gasteiger partial charge on any atom is 0.252 e. The molecule has 1 rings (SSSR count). The van der Waals surface area contributed by atoms with E-state index in [2.05, 4.69) is 51.0 Å². The van der Waals surface area contributed by atoms with Gasteiger partial charge in [0.25, 0.3) is 5.91 Å². The molecule has 1 unspecified atom stereocenters. The van der Waals surface area contributed by atoms with E-state index in [0.29, 0.717) is 11.5 Å². The fraction of sp³-hybridized carbons (Fsp3) is 0.500. The third kappa shape index (κ3) is 4.39. The van der Waals surface area contributed by atoms with Gasteiger partial charge in [0.2, 0.25) is 0 Å². The summed E-state index contributed by atoms with van der Waals surface area (Å²) in [4.78, 5) is 12.3. The Kier molecular flexibility index (Phi) is 6.36. The Morgan fingerprint density at radius 1 is 1.39 bits per heavy atom. The van der Waals surface area contributed by atoms with Crippen molar-refractivity contribution in [3.63, 3.8) is 0 Å². The molecule has 100 valence electrons. The largest absolute Gasteiger partial charge is 0.349 e. The minimum atomic E-state index is -0.00905. The summed E-state index contributed by atoms with van der Waals surface area (Å²) in [6, 6.07) is 6.01. The van der Waals surface area contributed by atoms with Gasteiger partial charge in [0.1, 0.15) is 0 Å². The third-order valence-electron chi connectivity index (χ3n) is 2.91. The summed E-state index contributed by atoms with van der Waals surface area (Å²) in [7, 11) is 0. The van der Waals surface area contributed by atoms with Crippen LogP contribution in [-0.2, 0) is 0 Å². The first-order valence-corrected chi connectivity index (χ1v) is 8.00. The summed E-state index contributed by atoms with van der Waals surface area (Å²) in [6.07, 6.45) is 0.937. The van der Waals surface area contributed by atoms with Crippen LogP contribution in [0.2, 0.25) is 0 Å². The molecule has 1 atom stereocenters. The van der Waals surface area contributed by atoms with Crippen LogP contribution in [0.1, 0.15) is 36.2 Å². The first kappa shape index (κ1) is 15.7. The van der Waals surface area contributed by atoms with Crippen molar-refractivity contribution < 1.29 is 4.79 Å². The van der Waals surface area contributed by atoms with Crippen LogP contribution in [0, 0.1) is 12.8 Å². The highest BCUT2D eigenvalue weighted by molar-refractivity contribution is 9.10. The molecule has 1 N–H and O–H groups in total. The molecule has 0 aromatic heterocycles. The van der Waals surface area contributed by atoms with Gasteiger partial charge in [0, 0.05) is 15.8 Å². The highest BCUT2D eigenvalue weighted by atomic mass is 79.9. The van der Waals surface area contributed by atoms with Gasteiger partial charge < -0.3 is 5.32 Å². The zero-order chi connectivity index (χ0) is 13.7. The van der Waals surface area contributed by atoms with E-state index in [9.17, 15) is 4.79 Å². The lowest BCUT2D eigenvalue weighted by atomic mass is 10.0. The van der Waals surface area contributed by atoms with Crippen molar-refractivity contribution >= 4 is 37.8 Å². The van der Waals surface area contributed by atoms with Crippen LogP contribution in [0.25, 0.3) is 0 Å². The van der Waals surface area contributed by atoms with E-state index in [1.165, 1.54) is 0 Å². The van der Waals surface area contributed by atoms with Crippen LogP contribution in [0.15, 0.2) is 22.7 Å². The van der Waals surface area contributed by atoms with Gasteiger partial charge in [-0.15, -0.1) is 0 Å². The number of halogens is 2. The van der Waals surface area contributed by atoms with Crippen molar-refractivity contribution in [3.8, 4) is 0 Å².